The van der Waals surface area contributed by atoms with Gasteiger partial charge in [0.25, 0.3) is 0 Å². The van der Waals surface area contributed by atoms with Crippen molar-refractivity contribution in [2.45, 2.75) is 32.8 Å². The topological polar surface area (TPSA) is 29.5 Å². The molecule has 2 aromatic rings. The lowest BCUT2D eigenvalue weighted by molar-refractivity contribution is 0.281. The van der Waals surface area contributed by atoms with E-state index in [-0.39, 0.29) is 6.61 Å². The summed E-state index contributed by atoms with van der Waals surface area (Å²) >= 11 is 0. The number of benzene rings is 2. The molecule has 0 saturated carbocycles. The van der Waals surface area contributed by atoms with Gasteiger partial charge in [-0.15, -0.1) is 0 Å². The number of rotatable bonds is 5. The van der Waals surface area contributed by atoms with Crippen LogP contribution in [-0.2, 0) is 6.61 Å². The van der Waals surface area contributed by atoms with Crippen molar-refractivity contribution in [3.8, 4) is 11.5 Å². The highest BCUT2D eigenvalue weighted by Crippen LogP contribution is 2.25. The number of aliphatic hydroxyl groups excluding tert-OH is 1. The molecule has 2 aromatic carbocycles. The van der Waals surface area contributed by atoms with E-state index in [1.807, 2.05) is 36.4 Å². The van der Waals surface area contributed by atoms with Crippen molar-refractivity contribution in [1.82, 2.24) is 0 Å². The molecule has 1 unspecified atom stereocenters. The van der Waals surface area contributed by atoms with Gasteiger partial charge in [-0.25, -0.2) is 0 Å². The van der Waals surface area contributed by atoms with Gasteiger partial charge >= 0.3 is 0 Å². The van der Waals surface area contributed by atoms with Crippen molar-refractivity contribution in [2.24, 2.45) is 0 Å². The lowest BCUT2D eigenvalue weighted by Gasteiger charge is -2.10. The highest BCUT2D eigenvalue weighted by Gasteiger charge is 2.03. The van der Waals surface area contributed by atoms with Crippen LogP contribution in [0.4, 0.5) is 0 Å². The first-order chi connectivity index (χ1) is 9.22. The summed E-state index contributed by atoms with van der Waals surface area (Å²) < 4.78 is 5.76. The minimum Gasteiger partial charge on any atom is -0.457 e. The summed E-state index contributed by atoms with van der Waals surface area (Å²) in [7, 11) is 0. The zero-order chi connectivity index (χ0) is 13.7. The smallest absolute Gasteiger partial charge is 0.127 e. The average Bonchev–Trinajstić information content (AvgIpc) is 2.48. The Bertz CT molecular complexity index is 500. The molecule has 2 rings (SSSR count). The van der Waals surface area contributed by atoms with Gasteiger partial charge in [0.2, 0.25) is 0 Å². The van der Waals surface area contributed by atoms with Gasteiger partial charge in [0.1, 0.15) is 11.5 Å². The van der Waals surface area contributed by atoms with Gasteiger partial charge in [-0.2, -0.15) is 0 Å². The van der Waals surface area contributed by atoms with Gasteiger partial charge in [0.05, 0.1) is 6.61 Å². The lowest BCUT2D eigenvalue weighted by Crippen LogP contribution is -1.91. The number of aliphatic hydroxyl groups is 1. The molecule has 100 valence electrons. The summed E-state index contributed by atoms with van der Waals surface area (Å²) in [5.74, 6) is 2.20. The zero-order valence-corrected chi connectivity index (χ0v) is 11.5. The fourth-order valence-corrected chi connectivity index (χ4v) is 1.90. The van der Waals surface area contributed by atoms with Crippen molar-refractivity contribution in [3.63, 3.8) is 0 Å². The van der Waals surface area contributed by atoms with Crippen LogP contribution in [0.15, 0.2) is 48.5 Å². The molecular formula is C17H20O2. The van der Waals surface area contributed by atoms with E-state index in [4.69, 9.17) is 9.84 Å². The summed E-state index contributed by atoms with van der Waals surface area (Å²) in [6.45, 7) is 4.48. The molecule has 2 nitrogen and oxygen atoms in total. The second-order valence-corrected chi connectivity index (χ2v) is 4.78. The van der Waals surface area contributed by atoms with Crippen molar-refractivity contribution in [2.75, 3.05) is 0 Å². The molecule has 0 amide bonds. The Kier molecular flexibility index (Phi) is 4.58. The summed E-state index contributed by atoms with van der Waals surface area (Å²) in [6, 6.07) is 15.7. The first-order valence-corrected chi connectivity index (χ1v) is 6.70. The van der Waals surface area contributed by atoms with E-state index >= 15 is 0 Å². The monoisotopic (exact) mass is 256 g/mol. The molecule has 0 aliphatic carbocycles. The molecule has 0 saturated heterocycles. The third-order valence-corrected chi connectivity index (χ3v) is 3.40. The van der Waals surface area contributed by atoms with Crippen LogP contribution in [0.2, 0.25) is 0 Å². The van der Waals surface area contributed by atoms with Crippen LogP contribution in [0.1, 0.15) is 37.3 Å². The van der Waals surface area contributed by atoms with Crippen molar-refractivity contribution in [1.29, 1.82) is 0 Å². The average molecular weight is 256 g/mol. The van der Waals surface area contributed by atoms with Gasteiger partial charge in [-0.1, -0.05) is 38.1 Å². The van der Waals surface area contributed by atoms with Gasteiger partial charge in [-0.05, 0) is 47.7 Å². The minimum atomic E-state index is 0.0594. The van der Waals surface area contributed by atoms with Crippen LogP contribution in [0.5, 0.6) is 11.5 Å². The van der Waals surface area contributed by atoms with Crippen LogP contribution >= 0.6 is 0 Å². The van der Waals surface area contributed by atoms with E-state index in [1.165, 1.54) is 5.56 Å². The molecule has 0 radical (unpaired) electrons. The molecule has 19 heavy (non-hydrogen) atoms. The molecular weight excluding hydrogens is 236 g/mol. The molecule has 0 fully saturated rings. The SMILES string of the molecule is CCC(C)c1ccc(Oc2ccc(CO)cc2)cc1. The predicted molar refractivity (Wildman–Crippen MR) is 77.6 cm³/mol. The molecule has 0 spiro atoms. The van der Waals surface area contributed by atoms with Gasteiger partial charge in [0.15, 0.2) is 0 Å². The largest absolute Gasteiger partial charge is 0.457 e. The van der Waals surface area contributed by atoms with E-state index < -0.39 is 0 Å². The van der Waals surface area contributed by atoms with Gasteiger partial charge in [-0.3, -0.25) is 0 Å². The highest BCUT2D eigenvalue weighted by atomic mass is 16.5. The Morgan fingerprint density at radius 1 is 0.947 bits per heavy atom. The fourth-order valence-electron chi connectivity index (χ4n) is 1.90. The van der Waals surface area contributed by atoms with Crippen LogP contribution in [0, 0.1) is 0 Å². The highest BCUT2D eigenvalue weighted by molar-refractivity contribution is 5.35. The predicted octanol–water partition coefficient (Wildman–Crippen LogP) is 4.48. The van der Waals surface area contributed by atoms with E-state index in [9.17, 15) is 0 Å². The van der Waals surface area contributed by atoms with Crippen molar-refractivity contribution < 1.29 is 9.84 Å². The third-order valence-electron chi connectivity index (χ3n) is 3.40. The molecule has 2 heteroatoms. The normalized spacial score (nSPS) is 12.2. The standard InChI is InChI=1S/C17H20O2/c1-3-13(2)15-6-10-17(11-7-15)19-16-8-4-14(12-18)5-9-16/h4-11,13,18H,3,12H2,1-2H3. The Morgan fingerprint density at radius 3 is 1.95 bits per heavy atom. The fraction of sp³-hybridized carbons (Fsp3) is 0.294. The first kappa shape index (κ1) is 13.6. The molecule has 1 atom stereocenters. The van der Waals surface area contributed by atoms with Crippen molar-refractivity contribution >= 4 is 0 Å². The van der Waals surface area contributed by atoms with Crippen LogP contribution in [-0.4, -0.2) is 5.11 Å². The quantitative estimate of drug-likeness (QED) is 0.854. The third kappa shape index (κ3) is 3.58. The van der Waals surface area contributed by atoms with Crippen molar-refractivity contribution in [3.05, 3.63) is 59.7 Å². The van der Waals surface area contributed by atoms with Crippen LogP contribution in [0.3, 0.4) is 0 Å². The molecule has 1 N–H and O–H groups in total. The molecule has 0 aliphatic heterocycles. The second kappa shape index (κ2) is 6.39. The maximum atomic E-state index is 8.98. The Labute approximate surface area is 114 Å². The summed E-state index contributed by atoms with van der Waals surface area (Å²) in [4.78, 5) is 0. The summed E-state index contributed by atoms with van der Waals surface area (Å²) in [6.07, 6.45) is 1.14. The maximum Gasteiger partial charge on any atom is 0.127 e. The number of hydrogen-bond acceptors (Lipinski definition) is 2. The molecule has 0 bridgehead atoms. The summed E-state index contributed by atoms with van der Waals surface area (Å²) in [5, 5.41) is 8.98. The van der Waals surface area contributed by atoms with E-state index in [0.717, 1.165) is 23.5 Å². The molecule has 0 aromatic heterocycles. The lowest BCUT2D eigenvalue weighted by atomic mass is 9.99. The van der Waals surface area contributed by atoms with E-state index in [1.54, 1.807) is 0 Å². The number of ether oxygens (including phenoxy) is 1. The Hall–Kier alpha value is -1.80. The maximum absolute atomic E-state index is 8.98. The van der Waals surface area contributed by atoms with Gasteiger partial charge in [0, 0.05) is 0 Å². The van der Waals surface area contributed by atoms with E-state index in [2.05, 4.69) is 26.0 Å². The minimum absolute atomic E-state index is 0.0594. The zero-order valence-electron chi connectivity index (χ0n) is 11.5. The number of hydrogen-bond donors (Lipinski definition) is 1. The van der Waals surface area contributed by atoms with E-state index in [0.29, 0.717) is 5.92 Å². The van der Waals surface area contributed by atoms with Gasteiger partial charge < -0.3 is 9.84 Å². The summed E-state index contributed by atoms with van der Waals surface area (Å²) in [5.41, 5.74) is 2.23. The molecule has 0 heterocycles. The Morgan fingerprint density at radius 2 is 1.47 bits per heavy atom. The van der Waals surface area contributed by atoms with Crippen LogP contribution in [0.25, 0.3) is 0 Å². The second-order valence-electron chi connectivity index (χ2n) is 4.78. The first-order valence-electron chi connectivity index (χ1n) is 6.70. The Balaban J connectivity index is 2.06. The van der Waals surface area contributed by atoms with Crippen LogP contribution < -0.4 is 4.74 Å². The molecule has 0 aliphatic rings.